The largest absolute Gasteiger partial charge is 0.492 e. The van der Waals surface area contributed by atoms with Crippen molar-refractivity contribution in [2.45, 2.75) is 33.1 Å². The topological polar surface area (TPSA) is 21.3 Å². The number of nitrogens with one attached hydrogen (secondary N) is 1. The maximum Gasteiger partial charge on any atom is 0.136 e. The van der Waals surface area contributed by atoms with Crippen molar-refractivity contribution in [3.8, 4) is 5.75 Å². The summed E-state index contributed by atoms with van der Waals surface area (Å²) in [6.07, 6.45) is 3.27. The Labute approximate surface area is 123 Å². The number of rotatable bonds is 9. The van der Waals surface area contributed by atoms with E-state index in [2.05, 4.69) is 35.1 Å². The molecule has 1 aromatic carbocycles. The summed E-state index contributed by atoms with van der Waals surface area (Å²) in [6, 6.07) is 4.49. The highest BCUT2D eigenvalue weighted by molar-refractivity contribution is 9.10. The van der Waals surface area contributed by atoms with Gasteiger partial charge in [-0.1, -0.05) is 13.8 Å². The standard InChI is InChI=1S/C15H23BrFNO/c1-12(2)11-18-8-4-3-5-9-19-15-10-13(17)6-7-14(15)16/h6-7,10,12,18H,3-5,8-9,11H2,1-2H3. The Kier molecular flexibility index (Phi) is 8.07. The van der Waals surface area contributed by atoms with Crippen molar-refractivity contribution in [1.29, 1.82) is 0 Å². The lowest BCUT2D eigenvalue weighted by Gasteiger charge is -2.09. The van der Waals surface area contributed by atoms with Gasteiger partial charge in [0.05, 0.1) is 11.1 Å². The van der Waals surface area contributed by atoms with Crippen molar-refractivity contribution >= 4 is 15.9 Å². The predicted molar refractivity (Wildman–Crippen MR) is 81.2 cm³/mol. The summed E-state index contributed by atoms with van der Waals surface area (Å²) >= 11 is 3.35. The van der Waals surface area contributed by atoms with Crippen LogP contribution in [0.5, 0.6) is 5.75 Å². The van der Waals surface area contributed by atoms with E-state index in [-0.39, 0.29) is 5.82 Å². The van der Waals surface area contributed by atoms with Gasteiger partial charge in [-0.3, -0.25) is 0 Å². The molecular formula is C15H23BrFNO. The van der Waals surface area contributed by atoms with Crippen molar-refractivity contribution in [1.82, 2.24) is 5.32 Å². The van der Waals surface area contributed by atoms with Crippen LogP contribution in [0.25, 0.3) is 0 Å². The van der Waals surface area contributed by atoms with Crippen LogP contribution in [0.1, 0.15) is 33.1 Å². The number of unbranched alkanes of at least 4 members (excludes halogenated alkanes) is 2. The average molecular weight is 332 g/mol. The van der Waals surface area contributed by atoms with E-state index >= 15 is 0 Å². The number of hydrogen-bond acceptors (Lipinski definition) is 2. The first-order valence-corrected chi connectivity index (χ1v) is 7.67. The minimum Gasteiger partial charge on any atom is -0.492 e. The molecule has 19 heavy (non-hydrogen) atoms. The first-order valence-electron chi connectivity index (χ1n) is 6.88. The maximum absolute atomic E-state index is 13.0. The normalized spacial score (nSPS) is 11.0. The second-order valence-corrected chi connectivity index (χ2v) is 5.94. The van der Waals surface area contributed by atoms with E-state index in [0.29, 0.717) is 18.3 Å². The van der Waals surface area contributed by atoms with Gasteiger partial charge in [-0.15, -0.1) is 0 Å². The lowest BCUT2D eigenvalue weighted by Crippen LogP contribution is -2.20. The van der Waals surface area contributed by atoms with Crippen LogP contribution in [-0.2, 0) is 0 Å². The Bertz CT molecular complexity index is 371. The maximum atomic E-state index is 13.0. The number of ether oxygens (including phenoxy) is 1. The zero-order chi connectivity index (χ0) is 14.1. The molecule has 0 heterocycles. The molecule has 0 spiro atoms. The van der Waals surface area contributed by atoms with Crippen molar-refractivity contribution in [2.75, 3.05) is 19.7 Å². The van der Waals surface area contributed by atoms with E-state index in [1.165, 1.54) is 12.1 Å². The van der Waals surface area contributed by atoms with E-state index in [4.69, 9.17) is 4.74 Å². The number of halogens is 2. The van der Waals surface area contributed by atoms with Crippen molar-refractivity contribution in [2.24, 2.45) is 5.92 Å². The lowest BCUT2D eigenvalue weighted by molar-refractivity contribution is 0.301. The number of benzene rings is 1. The van der Waals surface area contributed by atoms with E-state index in [9.17, 15) is 4.39 Å². The summed E-state index contributed by atoms with van der Waals surface area (Å²) < 4.78 is 19.4. The van der Waals surface area contributed by atoms with Gasteiger partial charge < -0.3 is 10.1 Å². The predicted octanol–water partition coefficient (Wildman–Crippen LogP) is 4.38. The Hall–Kier alpha value is -0.610. The molecule has 1 aromatic rings. The molecule has 0 fully saturated rings. The fourth-order valence-electron chi connectivity index (χ4n) is 1.69. The van der Waals surface area contributed by atoms with E-state index in [1.54, 1.807) is 6.07 Å². The zero-order valence-corrected chi connectivity index (χ0v) is 13.3. The molecule has 0 aliphatic rings. The molecule has 1 N–H and O–H groups in total. The van der Waals surface area contributed by atoms with Crippen LogP contribution in [0.4, 0.5) is 4.39 Å². The Morgan fingerprint density at radius 3 is 2.79 bits per heavy atom. The summed E-state index contributed by atoms with van der Waals surface area (Å²) in [6.45, 7) is 7.18. The minimum absolute atomic E-state index is 0.268. The second kappa shape index (κ2) is 9.32. The molecule has 2 nitrogen and oxygen atoms in total. The molecule has 1 rings (SSSR count). The van der Waals surface area contributed by atoms with Gasteiger partial charge in [0.25, 0.3) is 0 Å². The summed E-state index contributed by atoms with van der Waals surface area (Å²) in [4.78, 5) is 0. The molecule has 0 aromatic heterocycles. The fourth-order valence-corrected chi connectivity index (χ4v) is 2.05. The van der Waals surface area contributed by atoms with Gasteiger partial charge in [-0.25, -0.2) is 4.39 Å². The molecule has 0 atom stereocenters. The van der Waals surface area contributed by atoms with Gasteiger partial charge in [0, 0.05) is 6.07 Å². The second-order valence-electron chi connectivity index (χ2n) is 5.08. The van der Waals surface area contributed by atoms with Crippen molar-refractivity contribution in [3.63, 3.8) is 0 Å². The SMILES string of the molecule is CC(C)CNCCCCCOc1cc(F)ccc1Br. The van der Waals surface area contributed by atoms with Crippen molar-refractivity contribution < 1.29 is 9.13 Å². The van der Waals surface area contributed by atoms with Gasteiger partial charge >= 0.3 is 0 Å². The van der Waals surface area contributed by atoms with Crippen LogP contribution in [0.3, 0.4) is 0 Å². The van der Waals surface area contributed by atoms with Crippen LogP contribution < -0.4 is 10.1 Å². The monoisotopic (exact) mass is 331 g/mol. The van der Waals surface area contributed by atoms with Gasteiger partial charge in [-0.2, -0.15) is 0 Å². The van der Waals surface area contributed by atoms with E-state index in [1.807, 2.05) is 0 Å². The molecule has 0 saturated heterocycles. The highest BCUT2D eigenvalue weighted by Gasteiger charge is 2.02. The molecule has 0 bridgehead atoms. The summed E-state index contributed by atoms with van der Waals surface area (Å²) in [5.41, 5.74) is 0. The van der Waals surface area contributed by atoms with E-state index in [0.717, 1.165) is 36.8 Å². The molecule has 4 heteroatoms. The third-order valence-corrected chi connectivity index (χ3v) is 3.36. The molecule has 0 aliphatic heterocycles. The Balaban J connectivity index is 2.06. The van der Waals surface area contributed by atoms with Crippen molar-refractivity contribution in [3.05, 3.63) is 28.5 Å². The highest BCUT2D eigenvalue weighted by Crippen LogP contribution is 2.25. The zero-order valence-electron chi connectivity index (χ0n) is 11.7. The molecule has 0 aliphatic carbocycles. The fraction of sp³-hybridized carbons (Fsp3) is 0.600. The third-order valence-electron chi connectivity index (χ3n) is 2.70. The van der Waals surface area contributed by atoms with Crippen LogP contribution in [0.2, 0.25) is 0 Å². The molecule has 0 amide bonds. The molecular weight excluding hydrogens is 309 g/mol. The molecule has 108 valence electrons. The Morgan fingerprint density at radius 1 is 1.26 bits per heavy atom. The van der Waals surface area contributed by atoms with Gasteiger partial charge in [0.15, 0.2) is 0 Å². The first kappa shape index (κ1) is 16.4. The highest BCUT2D eigenvalue weighted by atomic mass is 79.9. The first-order chi connectivity index (χ1) is 9.09. The number of hydrogen-bond donors (Lipinski definition) is 1. The average Bonchev–Trinajstić information content (AvgIpc) is 2.36. The molecule has 0 unspecified atom stereocenters. The van der Waals surface area contributed by atoms with Crippen LogP contribution in [0, 0.1) is 11.7 Å². The van der Waals surface area contributed by atoms with Crippen LogP contribution in [0.15, 0.2) is 22.7 Å². The van der Waals surface area contributed by atoms with Gasteiger partial charge in [0.2, 0.25) is 0 Å². The van der Waals surface area contributed by atoms with E-state index < -0.39 is 0 Å². The lowest BCUT2D eigenvalue weighted by atomic mass is 10.2. The molecule has 0 saturated carbocycles. The summed E-state index contributed by atoms with van der Waals surface area (Å²) in [5, 5.41) is 3.41. The summed E-state index contributed by atoms with van der Waals surface area (Å²) in [5.74, 6) is 1.02. The summed E-state index contributed by atoms with van der Waals surface area (Å²) in [7, 11) is 0. The van der Waals surface area contributed by atoms with Gasteiger partial charge in [0.1, 0.15) is 11.6 Å². The third kappa shape index (κ3) is 7.53. The van der Waals surface area contributed by atoms with Crippen LogP contribution >= 0.6 is 15.9 Å². The van der Waals surface area contributed by atoms with Gasteiger partial charge in [-0.05, 0) is 66.3 Å². The molecule has 0 radical (unpaired) electrons. The Morgan fingerprint density at radius 2 is 2.05 bits per heavy atom. The quantitative estimate of drug-likeness (QED) is 0.678. The smallest absolute Gasteiger partial charge is 0.136 e. The van der Waals surface area contributed by atoms with Crippen LogP contribution in [-0.4, -0.2) is 19.7 Å². The minimum atomic E-state index is -0.268.